The van der Waals surface area contributed by atoms with Crippen molar-refractivity contribution in [3.63, 3.8) is 0 Å². The van der Waals surface area contributed by atoms with E-state index in [9.17, 15) is 4.79 Å². The number of hydrogen-bond acceptors (Lipinski definition) is 4. The van der Waals surface area contributed by atoms with Crippen LogP contribution in [0.2, 0.25) is 0 Å². The average Bonchev–Trinajstić information content (AvgIpc) is 2.67. The summed E-state index contributed by atoms with van der Waals surface area (Å²) < 4.78 is 5.19. The van der Waals surface area contributed by atoms with Gasteiger partial charge in [-0.15, -0.1) is 0 Å². The van der Waals surface area contributed by atoms with Gasteiger partial charge in [-0.25, -0.2) is 4.98 Å². The number of ether oxygens (including phenoxy) is 1. The molecular weight excluding hydrogens is 316 g/mol. The zero-order valence-electron chi connectivity index (χ0n) is 14.0. The maximum absolute atomic E-state index is 12.3. The Morgan fingerprint density at radius 2 is 1.84 bits per heavy atom. The molecule has 25 heavy (non-hydrogen) atoms. The summed E-state index contributed by atoms with van der Waals surface area (Å²) in [4.78, 5) is 16.7. The van der Waals surface area contributed by atoms with Crippen LogP contribution in [-0.2, 0) is 13.0 Å². The largest absolute Gasteiger partial charge is 0.497 e. The lowest BCUT2D eigenvalue weighted by atomic mass is 10.1. The van der Waals surface area contributed by atoms with Gasteiger partial charge in [0.05, 0.1) is 19.2 Å². The number of aliphatic hydroxyl groups excluding tert-OH is 1. The highest BCUT2D eigenvalue weighted by Crippen LogP contribution is 2.19. The summed E-state index contributed by atoms with van der Waals surface area (Å²) in [6.07, 6.45) is 0.724. The number of carbonyl (C=O) groups is 1. The molecule has 0 aliphatic rings. The lowest BCUT2D eigenvalue weighted by Crippen LogP contribution is -2.26. The Labute approximate surface area is 146 Å². The number of pyridine rings is 1. The van der Waals surface area contributed by atoms with Crippen molar-refractivity contribution in [2.45, 2.75) is 13.0 Å². The van der Waals surface area contributed by atoms with Crippen LogP contribution in [-0.4, -0.2) is 29.7 Å². The number of hydrogen-bond donors (Lipinski definition) is 2. The predicted molar refractivity (Wildman–Crippen MR) is 96.7 cm³/mol. The monoisotopic (exact) mass is 336 g/mol. The first-order valence-corrected chi connectivity index (χ1v) is 8.11. The fourth-order valence-corrected chi connectivity index (χ4v) is 2.58. The van der Waals surface area contributed by atoms with Crippen molar-refractivity contribution in [1.29, 1.82) is 0 Å². The van der Waals surface area contributed by atoms with Gasteiger partial charge >= 0.3 is 0 Å². The van der Waals surface area contributed by atoms with E-state index in [1.54, 1.807) is 13.2 Å². The summed E-state index contributed by atoms with van der Waals surface area (Å²) in [5, 5.41) is 12.9. The zero-order valence-corrected chi connectivity index (χ0v) is 14.0. The van der Waals surface area contributed by atoms with Gasteiger partial charge in [-0.3, -0.25) is 4.79 Å². The van der Waals surface area contributed by atoms with E-state index in [4.69, 9.17) is 9.84 Å². The third kappa shape index (κ3) is 4.14. The van der Waals surface area contributed by atoms with Crippen molar-refractivity contribution >= 4 is 16.8 Å². The fraction of sp³-hybridized carbons (Fsp3) is 0.200. The van der Waals surface area contributed by atoms with Crippen LogP contribution >= 0.6 is 0 Å². The van der Waals surface area contributed by atoms with E-state index in [-0.39, 0.29) is 12.5 Å². The van der Waals surface area contributed by atoms with Crippen molar-refractivity contribution in [2.75, 3.05) is 13.7 Å². The average molecular weight is 336 g/mol. The SMILES string of the molecule is COc1ccc2nc(C(=O)NCCc3ccc(CO)cc3)ccc2c1. The van der Waals surface area contributed by atoms with Crippen LogP contribution in [0.4, 0.5) is 0 Å². The molecule has 2 N–H and O–H groups in total. The van der Waals surface area contributed by atoms with Crippen LogP contribution in [0.5, 0.6) is 5.75 Å². The molecule has 0 spiro atoms. The van der Waals surface area contributed by atoms with E-state index in [2.05, 4.69) is 10.3 Å². The fourth-order valence-electron chi connectivity index (χ4n) is 2.58. The molecule has 0 aliphatic heterocycles. The number of amides is 1. The van der Waals surface area contributed by atoms with Gasteiger partial charge in [0.25, 0.3) is 5.91 Å². The number of nitrogens with zero attached hydrogens (tertiary/aromatic N) is 1. The molecule has 5 heteroatoms. The number of aromatic nitrogens is 1. The van der Waals surface area contributed by atoms with E-state index >= 15 is 0 Å². The molecule has 0 fully saturated rings. The van der Waals surface area contributed by atoms with Gasteiger partial charge in [-0.1, -0.05) is 30.3 Å². The Balaban J connectivity index is 1.61. The Kier molecular flexibility index (Phi) is 5.26. The minimum Gasteiger partial charge on any atom is -0.497 e. The van der Waals surface area contributed by atoms with Crippen LogP contribution in [0.15, 0.2) is 54.6 Å². The molecule has 0 aliphatic carbocycles. The number of fused-ring (bicyclic) bond motifs is 1. The maximum atomic E-state index is 12.3. The lowest BCUT2D eigenvalue weighted by molar-refractivity contribution is 0.0949. The summed E-state index contributed by atoms with van der Waals surface area (Å²) >= 11 is 0. The van der Waals surface area contributed by atoms with Crippen LogP contribution < -0.4 is 10.1 Å². The molecule has 3 rings (SSSR count). The van der Waals surface area contributed by atoms with Gasteiger partial charge in [0, 0.05) is 11.9 Å². The topological polar surface area (TPSA) is 71.5 Å². The second-order valence-electron chi connectivity index (χ2n) is 5.74. The van der Waals surface area contributed by atoms with Gasteiger partial charge in [0.1, 0.15) is 11.4 Å². The molecule has 0 bridgehead atoms. The molecular formula is C20H20N2O3. The minimum absolute atomic E-state index is 0.0382. The summed E-state index contributed by atoms with van der Waals surface area (Å²) in [6.45, 7) is 0.566. The van der Waals surface area contributed by atoms with Crippen molar-refractivity contribution in [3.8, 4) is 5.75 Å². The first kappa shape index (κ1) is 16.9. The van der Waals surface area contributed by atoms with Gasteiger partial charge < -0.3 is 15.2 Å². The zero-order chi connectivity index (χ0) is 17.6. The summed E-state index contributed by atoms with van der Waals surface area (Å²) in [5.41, 5.74) is 3.14. The number of aliphatic hydroxyl groups is 1. The van der Waals surface area contributed by atoms with E-state index in [1.165, 1.54) is 0 Å². The van der Waals surface area contributed by atoms with Crippen LogP contribution in [0.25, 0.3) is 10.9 Å². The summed E-state index contributed by atoms with van der Waals surface area (Å²) in [5.74, 6) is 0.573. The molecule has 1 amide bonds. The second kappa shape index (κ2) is 7.77. The highest BCUT2D eigenvalue weighted by molar-refractivity contribution is 5.95. The highest BCUT2D eigenvalue weighted by Gasteiger charge is 2.08. The molecule has 0 atom stereocenters. The van der Waals surface area contributed by atoms with E-state index < -0.39 is 0 Å². The molecule has 1 heterocycles. The third-order valence-electron chi connectivity index (χ3n) is 4.03. The number of methoxy groups -OCH3 is 1. The number of carbonyl (C=O) groups excluding carboxylic acids is 1. The molecule has 0 saturated heterocycles. The smallest absolute Gasteiger partial charge is 0.269 e. The lowest BCUT2D eigenvalue weighted by Gasteiger charge is -2.07. The van der Waals surface area contributed by atoms with Crippen molar-refractivity contribution in [1.82, 2.24) is 10.3 Å². The van der Waals surface area contributed by atoms with E-state index in [0.29, 0.717) is 12.2 Å². The van der Waals surface area contributed by atoms with Crippen LogP contribution in [0.3, 0.4) is 0 Å². The highest BCUT2D eigenvalue weighted by atomic mass is 16.5. The molecule has 3 aromatic rings. The van der Waals surface area contributed by atoms with Gasteiger partial charge in [-0.2, -0.15) is 0 Å². The van der Waals surface area contributed by atoms with Crippen LogP contribution in [0, 0.1) is 0 Å². The predicted octanol–water partition coefficient (Wildman–Crippen LogP) is 2.71. The Morgan fingerprint density at radius 3 is 2.56 bits per heavy atom. The Bertz CT molecular complexity index is 876. The maximum Gasteiger partial charge on any atom is 0.269 e. The first-order chi connectivity index (χ1) is 12.2. The van der Waals surface area contributed by atoms with Crippen LogP contribution in [0.1, 0.15) is 21.6 Å². The Morgan fingerprint density at radius 1 is 1.08 bits per heavy atom. The van der Waals surface area contributed by atoms with Crippen molar-refractivity contribution in [2.24, 2.45) is 0 Å². The molecule has 1 aromatic heterocycles. The van der Waals surface area contributed by atoms with E-state index in [0.717, 1.165) is 34.2 Å². The van der Waals surface area contributed by atoms with Gasteiger partial charge in [0.15, 0.2) is 0 Å². The van der Waals surface area contributed by atoms with Gasteiger partial charge in [-0.05, 0) is 41.8 Å². The summed E-state index contributed by atoms with van der Waals surface area (Å²) in [7, 11) is 1.62. The van der Waals surface area contributed by atoms with Gasteiger partial charge in [0.2, 0.25) is 0 Å². The first-order valence-electron chi connectivity index (χ1n) is 8.11. The standard InChI is InChI=1S/C20H20N2O3/c1-25-17-7-9-18-16(12-17)6-8-19(22-18)20(24)21-11-10-14-2-4-15(13-23)5-3-14/h2-9,12,23H,10-11,13H2,1H3,(H,21,24). The number of benzene rings is 2. The van der Waals surface area contributed by atoms with Crippen molar-refractivity contribution in [3.05, 3.63) is 71.4 Å². The summed E-state index contributed by atoms with van der Waals surface area (Å²) in [6, 6.07) is 16.8. The molecule has 0 saturated carbocycles. The molecule has 2 aromatic carbocycles. The molecule has 128 valence electrons. The quantitative estimate of drug-likeness (QED) is 0.726. The molecule has 0 radical (unpaired) electrons. The normalized spacial score (nSPS) is 10.6. The van der Waals surface area contributed by atoms with Crippen molar-refractivity contribution < 1.29 is 14.6 Å². The minimum atomic E-state index is -0.190. The second-order valence-corrected chi connectivity index (χ2v) is 5.74. The number of rotatable bonds is 6. The molecule has 0 unspecified atom stereocenters. The number of nitrogens with one attached hydrogen (secondary N) is 1. The molecule has 5 nitrogen and oxygen atoms in total. The third-order valence-corrected chi connectivity index (χ3v) is 4.03. The Hall–Kier alpha value is -2.92. The van der Waals surface area contributed by atoms with E-state index in [1.807, 2.05) is 48.5 Å².